The summed E-state index contributed by atoms with van der Waals surface area (Å²) >= 11 is 0. The van der Waals surface area contributed by atoms with Gasteiger partial charge in [0.05, 0.1) is 31.3 Å². The van der Waals surface area contributed by atoms with E-state index in [9.17, 15) is 9.90 Å². The van der Waals surface area contributed by atoms with Gasteiger partial charge < -0.3 is 20.5 Å². The lowest BCUT2D eigenvalue weighted by Crippen LogP contribution is -2.57. The molecule has 5 nitrogen and oxygen atoms in total. The third-order valence-electron chi connectivity index (χ3n) is 4.22. The predicted molar refractivity (Wildman–Crippen MR) is 63.3 cm³/mol. The molecule has 2 rings (SSSR count). The van der Waals surface area contributed by atoms with Crippen LogP contribution in [-0.2, 0) is 9.53 Å². The Balaban J connectivity index is 2.12. The van der Waals surface area contributed by atoms with Crippen LogP contribution < -0.4 is 5.73 Å². The summed E-state index contributed by atoms with van der Waals surface area (Å²) in [5.74, 6) is 0.0878. The summed E-state index contributed by atoms with van der Waals surface area (Å²) in [6.07, 6.45) is 2.77. The van der Waals surface area contributed by atoms with E-state index in [4.69, 9.17) is 10.5 Å². The third-order valence-corrected chi connectivity index (χ3v) is 4.22. The molecule has 0 aromatic rings. The van der Waals surface area contributed by atoms with E-state index in [1.165, 1.54) is 0 Å². The Morgan fingerprint density at radius 2 is 2.41 bits per heavy atom. The molecule has 1 aliphatic carbocycles. The minimum absolute atomic E-state index is 0.0446. The molecule has 1 heterocycles. The molecule has 5 heteroatoms. The number of hydrogen-bond acceptors (Lipinski definition) is 4. The van der Waals surface area contributed by atoms with Crippen molar-refractivity contribution >= 4 is 5.91 Å². The molecule has 0 aromatic heterocycles. The lowest BCUT2D eigenvalue weighted by Gasteiger charge is -2.40. The molecule has 2 fully saturated rings. The van der Waals surface area contributed by atoms with Gasteiger partial charge in [0, 0.05) is 12.6 Å². The van der Waals surface area contributed by atoms with E-state index in [-0.39, 0.29) is 24.6 Å². The maximum Gasteiger partial charge on any atom is 0.230 e. The Hall–Kier alpha value is -0.650. The van der Waals surface area contributed by atoms with Crippen molar-refractivity contribution in [2.75, 3.05) is 26.4 Å². The molecule has 0 spiro atoms. The predicted octanol–water partition coefficient (Wildman–Crippen LogP) is -0.276. The Morgan fingerprint density at radius 1 is 1.65 bits per heavy atom. The van der Waals surface area contributed by atoms with Crippen molar-refractivity contribution in [1.29, 1.82) is 0 Å². The minimum Gasteiger partial charge on any atom is -0.394 e. The minimum atomic E-state index is -0.454. The number of hydrogen-bond donors (Lipinski definition) is 2. The van der Waals surface area contributed by atoms with Gasteiger partial charge in [0.25, 0.3) is 0 Å². The summed E-state index contributed by atoms with van der Waals surface area (Å²) < 4.78 is 5.29. The van der Waals surface area contributed by atoms with E-state index in [1.807, 2.05) is 6.92 Å². The van der Waals surface area contributed by atoms with E-state index in [0.717, 1.165) is 19.3 Å². The van der Waals surface area contributed by atoms with Crippen LogP contribution in [-0.4, -0.2) is 54.4 Å². The van der Waals surface area contributed by atoms with Crippen molar-refractivity contribution in [3.63, 3.8) is 0 Å². The van der Waals surface area contributed by atoms with Gasteiger partial charge in [-0.2, -0.15) is 0 Å². The first kappa shape index (κ1) is 12.8. The van der Waals surface area contributed by atoms with E-state index < -0.39 is 5.41 Å². The van der Waals surface area contributed by atoms with Crippen LogP contribution in [0.2, 0.25) is 0 Å². The number of amides is 1. The highest BCUT2D eigenvalue weighted by Gasteiger charge is 2.46. The highest BCUT2D eigenvalue weighted by Crippen LogP contribution is 2.39. The van der Waals surface area contributed by atoms with E-state index >= 15 is 0 Å². The first-order valence-electron chi connectivity index (χ1n) is 6.35. The Kier molecular flexibility index (Phi) is 3.70. The first-order valence-corrected chi connectivity index (χ1v) is 6.35. The molecule has 2 aliphatic rings. The van der Waals surface area contributed by atoms with Gasteiger partial charge in [0.15, 0.2) is 0 Å². The van der Waals surface area contributed by atoms with Crippen LogP contribution in [0.1, 0.15) is 26.2 Å². The van der Waals surface area contributed by atoms with Crippen molar-refractivity contribution in [2.45, 2.75) is 38.3 Å². The number of ether oxygens (including phenoxy) is 1. The van der Waals surface area contributed by atoms with E-state index in [1.54, 1.807) is 4.90 Å². The number of rotatable bonds is 2. The molecule has 3 unspecified atom stereocenters. The maximum absolute atomic E-state index is 12.6. The molecule has 1 aliphatic heterocycles. The lowest BCUT2D eigenvalue weighted by molar-refractivity contribution is -0.152. The molecule has 0 bridgehead atoms. The van der Waals surface area contributed by atoms with Crippen LogP contribution in [0.15, 0.2) is 0 Å². The summed E-state index contributed by atoms with van der Waals surface area (Å²) in [6, 6.07) is -0.266. The molecule has 98 valence electrons. The highest BCUT2D eigenvalue weighted by atomic mass is 16.5. The molecule has 17 heavy (non-hydrogen) atoms. The number of nitrogens with zero attached hydrogens (tertiary/aromatic N) is 1. The van der Waals surface area contributed by atoms with Crippen molar-refractivity contribution in [3.8, 4) is 0 Å². The summed E-state index contributed by atoms with van der Waals surface area (Å²) in [5.41, 5.74) is 5.61. The molecule has 1 saturated carbocycles. The molecule has 0 radical (unpaired) electrons. The molecule has 0 aromatic carbocycles. The number of carbonyl (C=O) groups is 1. The molecule has 1 amide bonds. The smallest absolute Gasteiger partial charge is 0.230 e. The van der Waals surface area contributed by atoms with Gasteiger partial charge in [-0.3, -0.25) is 4.79 Å². The first-order chi connectivity index (χ1) is 8.09. The fourth-order valence-corrected chi connectivity index (χ4v) is 2.86. The lowest BCUT2D eigenvalue weighted by atomic mass is 9.83. The number of aliphatic hydroxyl groups is 1. The Bertz CT molecular complexity index is 297. The van der Waals surface area contributed by atoms with Gasteiger partial charge in [-0.15, -0.1) is 0 Å². The topological polar surface area (TPSA) is 75.8 Å². The molecular weight excluding hydrogens is 220 g/mol. The standard InChI is InChI=1S/C12H22N2O3/c1-12(4-2-3-10(12)13)11(16)14-5-6-17-8-9(14)7-15/h9-10,15H,2-8,13H2,1H3. The average Bonchev–Trinajstić information content (AvgIpc) is 2.70. The second-order valence-corrected chi connectivity index (χ2v) is 5.33. The van der Waals surface area contributed by atoms with Crippen molar-refractivity contribution in [1.82, 2.24) is 4.90 Å². The zero-order valence-electron chi connectivity index (χ0n) is 10.4. The second kappa shape index (κ2) is 4.92. The molecule has 1 saturated heterocycles. The van der Waals surface area contributed by atoms with Gasteiger partial charge in [0.2, 0.25) is 5.91 Å². The average molecular weight is 242 g/mol. The van der Waals surface area contributed by atoms with Crippen LogP contribution in [0, 0.1) is 5.41 Å². The van der Waals surface area contributed by atoms with Gasteiger partial charge in [0.1, 0.15) is 0 Å². The van der Waals surface area contributed by atoms with E-state index in [2.05, 4.69) is 0 Å². The molecule has 3 N–H and O–H groups in total. The zero-order valence-corrected chi connectivity index (χ0v) is 10.4. The second-order valence-electron chi connectivity index (χ2n) is 5.33. The Labute approximate surface area is 102 Å². The van der Waals surface area contributed by atoms with Crippen molar-refractivity contribution in [2.24, 2.45) is 11.1 Å². The summed E-state index contributed by atoms with van der Waals surface area (Å²) in [7, 11) is 0. The zero-order chi connectivity index (χ0) is 12.5. The van der Waals surface area contributed by atoms with Crippen LogP contribution in [0.4, 0.5) is 0 Å². The van der Waals surface area contributed by atoms with Gasteiger partial charge in [-0.25, -0.2) is 0 Å². The highest BCUT2D eigenvalue weighted by molar-refractivity contribution is 5.84. The number of nitrogens with two attached hydrogens (primary N) is 1. The largest absolute Gasteiger partial charge is 0.394 e. The van der Waals surface area contributed by atoms with Gasteiger partial charge in [-0.1, -0.05) is 6.42 Å². The fraction of sp³-hybridized carbons (Fsp3) is 0.917. The van der Waals surface area contributed by atoms with Gasteiger partial charge >= 0.3 is 0 Å². The molecule has 3 atom stereocenters. The summed E-state index contributed by atoms with van der Waals surface area (Å²) in [5, 5.41) is 9.30. The maximum atomic E-state index is 12.6. The fourth-order valence-electron chi connectivity index (χ4n) is 2.86. The van der Waals surface area contributed by atoms with Crippen molar-refractivity contribution < 1.29 is 14.6 Å². The Morgan fingerprint density at radius 3 is 3.00 bits per heavy atom. The quantitative estimate of drug-likeness (QED) is 0.698. The summed E-state index contributed by atoms with van der Waals surface area (Å²) in [6.45, 7) is 3.45. The van der Waals surface area contributed by atoms with Crippen molar-refractivity contribution in [3.05, 3.63) is 0 Å². The summed E-state index contributed by atoms with van der Waals surface area (Å²) in [4.78, 5) is 14.3. The normalized spacial score (nSPS) is 38.4. The third kappa shape index (κ3) is 2.19. The van der Waals surface area contributed by atoms with Crippen LogP contribution in [0.5, 0.6) is 0 Å². The SMILES string of the molecule is CC1(C(=O)N2CCOCC2CO)CCCC1N. The van der Waals surface area contributed by atoms with Crippen LogP contribution in [0.3, 0.4) is 0 Å². The number of aliphatic hydroxyl groups excluding tert-OH is 1. The van der Waals surface area contributed by atoms with Crippen LogP contribution in [0.25, 0.3) is 0 Å². The molecular formula is C12H22N2O3. The number of carbonyl (C=O) groups excluding carboxylic acids is 1. The van der Waals surface area contributed by atoms with Crippen LogP contribution >= 0.6 is 0 Å². The number of morpholine rings is 1. The monoisotopic (exact) mass is 242 g/mol. The van der Waals surface area contributed by atoms with Gasteiger partial charge in [-0.05, 0) is 19.8 Å². The van der Waals surface area contributed by atoms with E-state index in [0.29, 0.717) is 19.8 Å².